The average molecular weight is 159 g/mol. The third kappa shape index (κ3) is 9.23. The van der Waals surface area contributed by atoms with Gasteiger partial charge in [-0.05, 0) is 12.8 Å². The summed E-state index contributed by atoms with van der Waals surface area (Å²) in [6.07, 6.45) is 3.71. The van der Waals surface area contributed by atoms with Crippen LogP contribution < -0.4 is 11.1 Å². The number of carbonyl (C=O) groups excluding carboxylic acids is 1. The molecule has 11 heavy (non-hydrogen) atoms. The van der Waals surface area contributed by atoms with Crippen LogP contribution >= 0.6 is 0 Å². The normalized spacial score (nSPS) is 9.55. The minimum Gasteiger partial charge on any atom is -0.396 e. The van der Waals surface area contributed by atoms with Gasteiger partial charge in [-0.1, -0.05) is 12.8 Å². The van der Waals surface area contributed by atoms with E-state index in [-0.39, 0.29) is 6.61 Å². The van der Waals surface area contributed by atoms with Crippen molar-refractivity contribution in [2.45, 2.75) is 25.7 Å². The monoisotopic (exact) mass is 159 g/mol. The molecule has 0 unspecified atom stereocenters. The molecular formula is C7H15N2O2. The minimum atomic E-state index is -0.716. The van der Waals surface area contributed by atoms with Crippen LogP contribution in [-0.4, -0.2) is 24.3 Å². The van der Waals surface area contributed by atoms with E-state index >= 15 is 0 Å². The Kier molecular flexibility index (Phi) is 6.82. The molecule has 0 heterocycles. The van der Waals surface area contributed by atoms with Gasteiger partial charge in [0.25, 0.3) is 0 Å². The molecule has 0 saturated carbocycles. The van der Waals surface area contributed by atoms with Crippen molar-refractivity contribution in [3.63, 3.8) is 0 Å². The lowest BCUT2D eigenvalue weighted by molar-refractivity contribution is 0.247. The fourth-order valence-electron chi connectivity index (χ4n) is 0.792. The Balaban J connectivity index is 2.85. The molecule has 0 aromatic carbocycles. The van der Waals surface area contributed by atoms with Gasteiger partial charge in [0.15, 0.2) is 0 Å². The van der Waals surface area contributed by atoms with E-state index in [1.807, 2.05) is 0 Å². The number of amides is 2. The molecule has 3 N–H and O–H groups in total. The summed E-state index contributed by atoms with van der Waals surface area (Å²) in [5, 5.41) is 10.8. The van der Waals surface area contributed by atoms with Gasteiger partial charge in [-0.25, -0.2) is 10.5 Å². The van der Waals surface area contributed by atoms with E-state index in [2.05, 4.69) is 5.32 Å². The van der Waals surface area contributed by atoms with Crippen LogP contribution in [0.3, 0.4) is 0 Å². The number of hydrogen-bond acceptors (Lipinski definition) is 2. The Hall–Kier alpha value is -0.770. The highest BCUT2D eigenvalue weighted by Gasteiger charge is 1.91. The van der Waals surface area contributed by atoms with Crippen molar-refractivity contribution >= 4 is 6.03 Å². The second-order valence-electron chi connectivity index (χ2n) is 2.39. The van der Waals surface area contributed by atoms with Gasteiger partial charge in [-0.15, -0.1) is 0 Å². The zero-order chi connectivity index (χ0) is 8.53. The van der Waals surface area contributed by atoms with Gasteiger partial charge in [0, 0.05) is 13.2 Å². The molecule has 0 aromatic heterocycles. The predicted molar refractivity (Wildman–Crippen MR) is 42.0 cm³/mol. The van der Waals surface area contributed by atoms with Gasteiger partial charge in [-0.2, -0.15) is 0 Å². The topological polar surface area (TPSA) is 73.1 Å². The minimum absolute atomic E-state index is 0.241. The Labute approximate surface area is 66.8 Å². The standard InChI is InChI=1S/C7H15N2O2/c8-7(11)9-5-3-1-2-4-6-10/h8,10H,1-6H2,(H,9,11). The van der Waals surface area contributed by atoms with Gasteiger partial charge in [-0.3, -0.25) is 0 Å². The fraction of sp³-hybridized carbons (Fsp3) is 0.857. The number of carbonyl (C=O) groups is 1. The highest BCUT2D eigenvalue weighted by molar-refractivity contribution is 5.70. The first kappa shape index (κ1) is 10.2. The van der Waals surface area contributed by atoms with Crippen molar-refractivity contribution in [1.82, 2.24) is 11.1 Å². The van der Waals surface area contributed by atoms with Crippen molar-refractivity contribution in [2.24, 2.45) is 0 Å². The van der Waals surface area contributed by atoms with Gasteiger partial charge in [0.05, 0.1) is 0 Å². The molecule has 0 fully saturated rings. The van der Waals surface area contributed by atoms with Crippen LogP contribution in [0.4, 0.5) is 4.79 Å². The van der Waals surface area contributed by atoms with Crippen molar-refractivity contribution in [3.8, 4) is 0 Å². The molecule has 0 aliphatic heterocycles. The van der Waals surface area contributed by atoms with Crippen LogP contribution in [-0.2, 0) is 0 Å². The number of unbranched alkanes of at least 4 members (excludes halogenated alkanes) is 3. The third-order valence-corrected chi connectivity index (χ3v) is 1.37. The zero-order valence-electron chi connectivity index (χ0n) is 6.60. The van der Waals surface area contributed by atoms with Gasteiger partial charge in [0.1, 0.15) is 0 Å². The maximum Gasteiger partial charge on any atom is 0.333 e. The van der Waals surface area contributed by atoms with E-state index in [0.29, 0.717) is 6.54 Å². The summed E-state index contributed by atoms with van der Waals surface area (Å²) in [5.41, 5.74) is 6.50. The molecule has 1 radical (unpaired) electrons. The lowest BCUT2D eigenvalue weighted by atomic mass is 10.2. The van der Waals surface area contributed by atoms with Gasteiger partial charge < -0.3 is 10.4 Å². The molecule has 0 bridgehead atoms. The predicted octanol–water partition coefficient (Wildman–Crippen LogP) is 0.532. The summed E-state index contributed by atoms with van der Waals surface area (Å²) >= 11 is 0. The molecular weight excluding hydrogens is 144 g/mol. The molecule has 2 amide bonds. The smallest absolute Gasteiger partial charge is 0.333 e. The summed E-state index contributed by atoms with van der Waals surface area (Å²) in [7, 11) is 0. The Morgan fingerprint density at radius 3 is 2.45 bits per heavy atom. The summed E-state index contributed by atoms with van der Waals surface area (Å²) in [6, 6.07) is -0.716. The fourth-order valence-corrected chi connectivity index (χ4v) is 0.792. The lowest BCUT2D eigenvalue weighted by Gasteiger charge is -1.99. The highest BCUT2D eigenvalue weighted by atomic mass is 16.2. The molecule has 4 heteroatoms. The van der Waals surface area contributed by atoms with Crippen LogP contribution in [0.1, 0.15) is 25.7 Å². The van der Waals surface area contributed by atoms with E-state index in [4.69, 9.17) is 10.8 Å². The lowest BCUT2D eigenvalue weighted by Crippen LogP contribution is -2.23. The van der Waals surface area contributed by atoms with Crippen LogP contribution in [0.2, 0.25) is 0 Å². The molecule has 0 aromatic rings. The van der Waals surface area contributed by atoms with Crippen LogP contribution in [0, 0.1) is 0 Å². The van der Waals surface area contributed by atoms with Crippen LogP contribution in [0.5, 0.6) is 0 Å². The second-order valence-corrected chi connectivity index (χ2v) is 2.39. The first-order chi connectivity index (χ1) is 5.27. The maximum absolute atomic E-state index is 10.0. The summed E-state index contributed by atoms with van der Waals surface area (Å²) in [6.45, 7) is 0.818. The first-order valence-electron chi connectivity index (χ1n) is 3.87. The van der Waals surface area contributed by atoms with Crippen LogP contribution in [0.15, 0.2) is 0 Å². The Morgan fingerprint density at radius 1 is 1.27 bits per heavy atom. The van der Waals surface area contributed by atoms with E-state index < -0.39 is 6.03 Å². The largest absolute Gasteiger partial charge is 0.396 e. The molecule has 65 valence electrons. The number of rotatable bonds is 6. The second kappa shape index (κ2) is 7.34. The molecule has 0 atom stereocenters. The Morgan fingerprint density at radius 2 is 1.91 bits per heavy atom. The molecule has 0 spiro atoms. The number of nitrogens with one attached hydrogen (secondary N) is 2. The maximum atomic E-state index is 10.0. The molecule has 4 nitrogen and oxygen atoms in total. The van der Waals surface area contributed by atoms with Crippen molar-refractivity contribution < 1.29 is 9.90 Å². The molecule has 0 saturated heterocycles. The zero-order valence-corrected chi connectivity index (χ0v) is 6.60. The van der Waals surface area contributed by atoms with Gasteiger partial charge in [0.2, 0.25) is 0 Å². The summed E-state index contributed by atoms with van der Waals surface area (Å²) in [4.78, 5) is 10.0. The van der Waals surface area contributed by atoms with E-state index in [1.165, 1.54) is 0 Å². The van der Waals surface area contributed by atoms with E-state index in [0.717, 1.165) is 25.7 Å². The van der Waals surface area contributed by atoms with Crippen molar-refractivity contribution in [1.29, 1.82) is 0 Å². The summed E-state index contributed by atoms with van der Waals surface area (Å²) in [5.74, 6) is 0. The number of aliphatic hydroxyl groups excluding tert-OH is 1. The highest BCUT2D eigenvalue weighted by Crippen LogP contribution is 1.96. The average Bonchev–Trinajstić information content (AvgIpc) is 1.96. The van der Waals surface area contributed by atoms with E-state index in [9.17, 15) is 4.79 Å². The summed E-state index contributed by atoms with van der Waals surface area (Å²) < 4.78 is 0. The molecule has 0 aliphatic carbocycles. The Bertz CT molecular complexity index is 107. The van der Waals surface area contributed by atoms with Crippen molar-refractivity contribution in [2.75, 3.05) is 13.2 Å². The number of urea groups is 1. The van der Waals surface area contributed by atoms with Crippen molar-refractivity contribution in [3.05, 3.63) is 0 Å². The number of hydrogen-bond donors (Lipinski definition) is 2. The quantitative estimate of drug-likeness (QED) is 0.555. The third-order valence-electron chi connectivity index (χ3n) is 1.37. The first-order valence-corrected chi connectivity index (χ1v) is 3.87. The van der Waals surface area contributed by atoms with Gasteiger partial charge >= 0.3 is 6.03 Å². The van der Waals surface area contributed by atoms with Crippen LogP contribution in [0.25, 0.3) is 0 Å². The number of aliphatic hydroxyl groups is 1. The molecule has 0 rings (SSSR count). The molecule has 0 aliphatic rings. The SMILES string of the molecule is [NH]C(=O)NCCCCCCO. The van der Waals surface area contributed by atoms with E-state index in [1.54, 1.807) is 0 Å².